The number of carbonyl (C=O) groups excluding carboxylic acids is 2. The number of halogens is 1. The second-order valence-corrected chi connectivity index (χ2v) is 11.1. The molecule has 0 heterocycles. The summed E-state index contributed by atoms with van der Waals surface area (Å²) in [7, 11) is 0. The summed E-state index contributed by atoms with van der Waals surface area (Å²) >= 11 is 0. The van der Waals surface area contributed by atoms with Gasteiger partial charge in [0.25, 0.3) is 0 Å². The number of amides is 2. The second kappa shape index (κ2) is 13.4. The Hall–Kier alpha value is -3.47. The van der Waals surface area contributed by atoms with E-state index in [1.165, 1.54) is 11.6 Å². The lowest BCUT2D eigenvalue weighted by Gasteiger charge is -2.32. The van der Waals surface area contributed by atoms with Gasteiger partial charge < -0.3 is 10.2 Å². The number of nitrogens with one attached hydrogen (secondary N) is 1. The van der Waals surface area contributed by atoms with Crippen molar-refractivity contribution in [2.45, 2.75) is 84.3 Å². The maximum Gasteiger partial charge on any atom is 0.243 e. The molecule has 1 N–H and O–H groups in total. The van der Waals surface area contributed by atoms with E-state index in [4.69, 9.17) is 0 Å². The Balaban J connectivity index is 1.90. The molecule has 38 heavy (non-hydrogen) atoms. The molecular formula is C33H41FN2O2. The largest absolute Gasteiger partial charge is 0.352 e. The molecule has 0 fully saturated rings. The van der Waals surface area contributed by atoms with Crippen LogP contribution in [0, 0.1) is 5.82 Å². The van der Waals surface area contributed by atoms with Gasteiger partial charge in [0.05, 0.1) is 0 Å². The average Bonchev–Trinajstić information content (AvgIpc) is 2.90. The van der Waals surface area contributed by atoms with Gasteiger partial charge in [0.15, 0.2) is 0 Å². The number of benzene rings is 3. The first kappa shape index (κ1) is 29.1. The average molecular weight is 517 g/mol. The van der Waals surface area contributed by atoms with Crippen LogP contribution in [0.4, 0.5) is 4.39 Å². The molecule has 0 radical (unpaired) electrons. The van der Waals surface area contributed by atoms with Gasteiger partial charge in [-0.25, -0.2) is 4.39 Å². The molecule has 2 atom stereocenters. The van der Waals surface area contributed by atoms with Crippen molar-refractivity contribution in [1.82, 2.24) is 10.2 Å². The molecule has 3 rings (SSSR count). The normalized spacial score (nSPS) is 13.0. The number of rotatable bonds is 11. The topological polar surface area (TPSA) is 49.4 Å². The number of carbonyl (C=O) groups is 2. The van der Waals surface area contributed by atoms with Crippen LogP contribution < -0.4 is 5.32 Å². The van der Waals surface area contributed by atoms with Crippen molar-refractivity contribution in [3.8, 4) is 0 Å². The maximum atomic E-state index is 14.7. The Morgan fingerprint density at radius 3 is 2.13 bits per heavy atom. The Morgan fingerprint density at radius 1 is 0.895 bits per heavy atom. The molecule has 0 spiro atoms. The summed E-state index contributed by atoms with van der Waals surface area (Å²) in [5.74, 6) is -0.778. The zero-order valence-corrected chi connectivity index (χ0v) is 23.3. The fourth-order valence-electron chi connectivity index (χ4n) is 4.37. The van der Waals surface area contributed by atoms with Crippen LogP contribution in [0.3, 0.4) is 0 Å². The molecule has 0 aliphatic heterocycles. The minimum Gasteiger partial charge on any atom is -0.352 e. The van der Waals surface area contributed by atoms with Crippen LogP contribution in [0.5, 0.6) is 0 Å². The highest BCUT2D eigenvalue weighted by molar-refractivity contribution is 5.88. The molecule has 3 aromatic carbocycles. The molecule has 0 aliphatic rings. The molecule has 5 heteroatoms. The molecule has 0 unspecified atom stereocenters. The fourth-order valence-corrected chi connectivity index (χ4v) is 4.37. The maximum absolute atomic E-state index is 14.7. The highest BCUT2D eigenvalue weighted by Gasteiger charge is 2.31. The summed E-state index contributed by atoms with van der Waals surface area (Å²) in [4.78, 5) is 28.9. The molecular weight excluding hydrogens is 475 g/mol. The van der Waals surface area contributed by atoms with E-state index in [9.17, 15) is 14.0 Å². The zero-order valence-electron chi connectivity index (χ0n) is 23.3. The van der Waals surface area contributed by atoms with Crippen molar-refractivity contribution in [1.29, 1.82) is 0 Å². The van der Waals surface area contributed by atoms with Gasteiger partial charge in [-0.2, -0.15) is 0 Å². The first-order valence-corrected chi connectivity index (χ1v) is 13.5. The van der Waals surface area contributed by atoms with Gasteiger partial charge in [-0.05, 0) is 47.9 Å². The smallest absolute Gasteiger partial charge is 0.243 e. The van der Waals surface area contributed by atoms with Gasteiger partial charge in [0, 0.05) is 31.0 Å². The van der Waals surface area contributed by atoms with Gasteiger partial charge in [-0.3, -0.25) is 9.59 Å². The van der Waals surface area contributed by atoms with E-state index in [1.54, 1.807) is 23.1 Å². The van der Waals surface area contributed by atoms with E-state index in [1.807, 2.05) is 44.2 Å². The van der Waals surface area contributed by atoms with Gasteiger partial charge in [-0.15, -0.1) is 0 Å². The first-order chi connectivity index (χ1) is 18.1. The molecule has 4 nitrogen and oxygen atoms in total. The van der Waals surface area contributed by atoms with Crippen molar-refractivity contribution < 1.29 is 14.0 Å². The SMILES string of the molecule is CC[C@H](C)NC(=O)[C@@H](Cc1ccccc1)N(Cc1ccccc1F)C(=O)CCc1ccc(C(C)(C)C)cc1. The fraction of sp³-hybridized carbons (Fsp3) is 0.394. The van der Waals surface area contributed by atoms with Gasteiger partial charge >= 0.3 is 0 Å². The predicted molar refractivity (Wildman–Crippen MR) is 152 cm³/mol. The zero-order chi connectivity index (χ0) is 27.7. The Labute approximate surface area is 227 Å². The molecule has 3 aromatic rings. The Bertz CT molecular complexity index is 1190. The van der Waals surface area contributed by atoms with E-state index in [0.29, 0.717) is 18.4 Å². The van der Waals surface area contributed by atoms with Gasteiger partial charge in [-0.1, -0.05) is 100 Å². The Kier molecular flexibility index (Phi) is 10.2. The lowest BCUT2D eigenvalue weighted by molar-refractivity contribution is -0.141. The van der Waals surface area contributed by atoms with Crippen LogP contribution in [-0.2, 0) is 34.4 Å². The van der Waals surface area contributed by atoms with Crippen LogP contribution in [-0.4, -0.2) is 28.8 Å². The van der Waals surface area contributed by atoms with E-state index in [0.717, 1.165) is 17.5 Å². The van der Waals surface area contributed by atoms with Crippen molar-refractivity contribution in [3.05, 3.63) is 107 Å². The van der Waals surface area contributed by atoms with Gasteiger partial charge in [0.1, 0.15) is 11.9 Å². The number of aryl methyl sites for hydroxylation is 1. The third-order valence-electron chi connectivity index (χ3n) is 7.02. The lowest BCUT2D eigenvalue weighted by Crippen LogP contribution is -2.52. The van der Waals surface area contributed by atoms with Crippen molar-refractivity contribution in [3.63, 3.8) is 0 Å². The summed E-state index contributed by atoms with van der Waals surface area (Å²) in [6.45, 7) is 10.5. The Morgan fingerprint density at radius 2 is 1.53 bits per heavy atom. The van der Waals surface area contributed by atoms with Crippen LogP contribution >= 0.6 is 0 Å². The highest BCUT2D eigenvalue weighted by Crippen LogP contribution is 2.23. The van der Waals surface area contributed by atoms with Crippen LogP contribution in [0.1, 0.15) is 69.7 Å². The molecule has 0 saturated heterocycles. The lowest BCUT2D eigenvalue weighted by atomic mass is 9.86. The molecule has 2 amide bonds. The molecule has 0 bridgehead atoms. The van der Waals surface area contributed by atoms with E-state index in [-0.39, 0.29) is 42.1 Å². The summed E-state index contributed by atoms with van der Waals surface area (Å²) in [5, 5.41) is 3.05. The standard InChI is InChI=1S/C33H41FN2O2/c1-6-24(2)35-32(38)30(22-26-12-8-7-9-13-26)36(23-27-14-10-11-15-29(27)34)31(37)21-18-25-16-19-28(20-17-25)33(3,4)5/h7-17,19-20,24,30H,6,18,21-23H2,1-5H3,(H,35,38)/t24-,30+/m0/s1. The summed E-state index contributed by atoms with van der Waals surface area (Å²) in [5.41, 5.74) is 3.68. The number of nitrogens with zero attached hydrogens (tertiary/aromatic N) is 1. The van der Waals surface area contributed by atoms with Crippen LogP contribution in [0.15, 0.2) is 78.9 Å². The van der Waals surface area contributed by atoms with Crippen molar-refractivity contribution >= 4 is 11.8 Å². The van der Waals surface area contributed by atoms with Gasteiger partial charge in [0.2, 0.25) is 11.8 Å². The summed E-state index contributed by atoms with van der Waals surface area (Å²) < 4.78 is 14.7. The number of hydrogen-bond donors (Lipinski definition) is 1. The molecule has 0 aromatic heterocycles. The monoisotopic (exact) mass is 516 g/mol. The summed E-state index contributed by atoms with van der Waals surface area (Å²) in [6, 6.07) is 23.6. The minimum absolute atomic E-state index is 0.0277. The van der Waals surface area contributed by atoms with Crippen LogP contribution in [0.25, 0.3) is 0 Å². The van der Waals surface area contributed by atoms with E-state index < -0.39 is 6.04 Å². The minimum atomic E-state index is -0.762. The quantitative estimate of drug-likeness (QED) is 0.312. The predicted octanol–water partition coefficient (Wildman–Crippen LogP) is 6.61. The molecule has 0 saturated carbocycles. The van der Waals surface area contributed by atoms with Crippen molar-refractivity contribution in [2.75, 3.05) is 0 Å². The number of hydrogen-bond acceptors (Lipinski definition) is 2. The summed E-state index contributed by atoms with van der Waals surface area (Å²) in [6.07, 6.45) is 1.90. The second-order valence-electron chi connectivity index (χ2n) is 11.1. The molecule has 202 valence electrons. The molecule has 0 aliphatic carbocycles. The van der Waals surface area contributed by atoms with Crippen LogP contribution in [0.2, 0.25) is 0 Å². The highest BCUT2D eigenvalue weighted by atomic mass is 19.1. The third kappa shape index (κ3) is 8.27. The third-order valence-corrected chi connectivity index (χ3v) is 7.02. The van der Waals surface area contributed by atoms with E-state index in [2.05, 4.69) is 50.4 Å². The van der Waals surface area contributed by atoms with Crippen molar-refractivity contribution in [2.24, 2.45) is 0 Å². The van der Waals surface area contributed by atoms with E-state index >= 15 is 0 Å². The first-order valence-electron chi connectivity index (χ1n) is 13.5.